The summed E-state index contributed by atoms with van der Waals surface area (Å²) in [5.41, 5.74) is 21.4. The molecule has 3 unspecified atom stereocenters. The number of likely N-dealkylation sites (tertiary alicyclic amines) is 1. The fourth-order valence-corrected chi connectivity index (χ4v) is 3.26. The van der Waals surface area contributed by atoms with Crippen LogP contribution in [0.5, 0.6) is 0 Å². The molecule has 1 fully saturated rings. The van der Waals surface area contributed by atoms with Crippen molar-refractivity contribution in [3.8, 4) is 0 Å². The summed E-state index contributed by atoms with van der Waals surface area (Å²) < 4.78 is 0. The molecule has 1 rings (SSSR count). The average molecular weight is 457 g/mol. The molecule has 0 aromatic rings. The van der Waals surface area contributed by atoms with Crippen molar-refractivity contribution in [3.05, 3.63) is 0 Å². The number of carboxylic acids is 1. The van der Waals surface area contributed by atoms with Gasteiger partial charge in [-0.05, 0) is 32.1 Å². The van der Waals surface area contributed by atoms with Crippen LogP contribution in [0.4, 0.5) is 0 Å². The number of nitrogens with two attached hydrogens (primary N) is 4. The molecule has 1 aliphatic heterocycles. The van der Waals surface area contributed by atoms with Crippen molar-refractivity contribution in [1.29, 1.82) is 0 Å². The molecule has 0 radical (unpaired) electrons. The first kappa shape index (κ1) is 26.6. The molecule has 180 valence electrons. The third-order valence-corrected chi connectivity index (χ3v) is 4.85. The predicted octanol–water partition coefficient (Wildman–Crippen LogP) is -3.69. The van der Waals surface area contributed by atoms with Crippen LogP contribution < -0.4 is 33.6 Å². The molecule has 1 aliphatic rings. The smallest absolute Gasteiger partial charge is 0.322 e. The molecule has 0 saturated carbocycles. The molecule has 0 bridgehead atoms. The highest BCUT2D eigenvalue weighted by molar-refractivity contribution is 5.94. The topological polar surface area (TPSA) is 249 Å². The number of rotatable bonds is 13. The van der Waals surface area contributed by atoms with E-state index in [0.717, 1.165) is 0 Å². The summed E-state index contributed by atoms with van der Waals surface area (Å²) in [4.78, 5) is 64.7. The fourth-order valence-electron chi connectivity index (χ4n) is 3.26. The van der Waals surface area contributed by atoms with Gasteiger partial charge in [0.2, 0.25) is 23.6 Å². The minimum Gasteiger partial charge on any atom is -0.480 e. The van der Waals surface area contributed by atoms with E-state index in [1.807, 2.05) is 0 Å². The van der Waals surface area contributed by atoms with E-state index in [-0.39, 0.29) is 31.8 Å². The number of hydrogen-bond donors (Lipinski definition) is 7. The summed E-state index contributed by atoms with van der Waals surface area (Å²) in [6, 6.07) is -2.86. The molecule has 32 heavy (non-hydrogen) atoms. The highest BCUT2D eigenvalue weighted by Gasteiger charge is 2.37. The fraction of sp³-hybridized carbons (Fsp3) is 0.667. The summed E-state index contributed by atoms with van der Waals surface area (Å²) in [5.74, 6) is -3.66. The maximum absolute atomic E-state index is 12.9. The molecule has 14 heteroatoms. The van der Waals surface area contributed by atoms with Crippen LogP contribution in [0.25, 0.3) is 0 Å². The van der Waals surface area contributed by atoms with Crippen molar-refractivity contribution >= 4 is 35.6 Å². The Bertz CT molecular complexity index is 739. The summed E-state index contributed by atoms with van der Waals surface area (Å²) in [6.07, 6.45) is 1.43. The van der Waals surface area contributed by atoms with Gasteiger partial charge in [0, 0.05) is 19.5 Å². The Balaban J connectivity index is 2.80. The van der Waals surface area contributed by atoms with Crippen molar-refractivity contribution in [3.63, 3.8) is 0 Å². The number of aliphatic carboxylic acids is 1. The molecule has 3 atom stereocenters. The van der Waals surface area contributed by atoms with Gasteiger partial charge >= 0.3 is 5.97 Å². The van der Waals surface area contributed by atoms with E-state index in [2.05, 4.69) is 15.6 Å². The van der Waals surface area contributed by atoms with E-state index in [1.54, 1.807) is 0 Å². The molecule has 0 aliphatic carbocycles. The summed E-state index contributed by atoms with van der Waals surface area (Å²) in [6.45, 7) is -0.0902. The van der Waals surface area contributed by atoms with Gasteiger partial charge in [0.25, 0.3) is 0 Å². The van der Waals surface area contributed by atoms with Crippen molar-refractivity contribution in [2.45, 2.75) is 56.7 Å². The van der Waals surface area contributed by atoms with Gasteiger partial charge in [0.1, 0.15) is 18.6 Å². The van der Waals surface area contributed by atoms with Gasteiger partial charge in [-0.15, -0.1) is 0 Å². The van der Waals surface area contributed by atoms with Crippen molar-refractivity contribution in [2.75, 3.05) is 19.6 Å². The first-order valence-corrected chi connectivity index (χ1v) is 10.2. The third kappa shape index (κ3) is 9.16. The summed E-state index contributed by atoms with van der Waals surface area (Å²) >= 11 is 0. The highest BCUT2D eigenvalue weighted by Crippen LogP contribution is 2.19. The maximum Gasteiger partial charge on any atom is 0.322 e. The second-order valence-electron chi connectivity index (χ2n) is 7.42. The molecular formula is C18H32N8O6. The second kappa shape index (κ2) is 13.1. The quantitative estimate of drug-likeness (QED) is 0.0817. The molecule has 0 aromatic carbocycles. The van der Waals surface area contributed by atoms with Gasteiger partial charge in [-0.1, -0.05) is 0 Å². The maximum atomic E-state index is 12.9. The Labute approximate surface area is 185 Å². The normalized spacial score (nSPS) is 17.2. The lowest BCUT2D eigenvalue weighted by molar-refractivity contribution is -0.141. The van der Waals surface area contributed by atoms with E-state index in [9.17, 15) is 24.0 Å². The van der Waals surface area contributed by atoms with Crippen LogP contribution in [0.3, 0.4) is 0 Å². The minimum atomic E-state index is -1.23. The summed E-state index contributed by atoms with van der Waals surface area (Å²) in [7, 11) is 0. The average Bonchev–Trinajstić information content (AvgIpc) is 3.21. The lowest BCUT2D eigenvalue weighted by Crippen LogP contribution is -2.55. The zero-order chi connectivity index (χ0) is 24.3. The van der Waals surface area contributed by atoms with E-state index in [4.69, 9.17) is 28.0 Å². The second-order valence-corrected chi connectivity index (χ2v) is 7.42. The molecule has 4 amide bonds. The number of amides is 4. The molecule has 0 aromatic heterocycles. The number of carboxylic acid groups (broad SMARTS) is 1. The Hall–Kier alpha value is -3.42. The van der Waals surface area contributed by atoms with Gasteiger partial charge in [-0.3, -0.25) is 29.0 Å². The molecule has 0 spiro atoms. The molecular weight excluding hydrogens is 424 g/mol. The number of guanidine groups is 1. The van der Waals surface area contributed by atoms with E-state index in [0.29, 0.717) is 25.8 Å². The number of aliphatic imine (C=N–C) groups is 1. The number of carbonyl (C=O) groups is 5. The lowest BCUT2D eigenvalue weighted by atomic mass is 10.1. The largest absolute Gasteiger partial charge is 0.480 e. The predicted molar refractivity (Wildman–Crippen MR) is 114 cm³/mol. The van der Waals surface area contributed by atoms with E-state index < -0.39 is 54.3 Å². The van der Waals surface area contributed by atoms with Gasteiger partial charge in [-0.2, -0.15) is 0 Å². The number of nitrogens with zero attached hydrogens (tertiary/aromatic N) is 2. The van der Waals surface area contributed by atoms with Crippen LogP contribution in [0.1, 0.15) is 38.5 Å². The van der Waals surface area contributed by atoms with Gasteiger partial charge < -0.3 is 43.6 Å². The minimum absolute atomic E-state index is 0.0563. The van der Waals surface area contributed by atoms with Crippen molar-refractivity contribution < 1.29 is 29.1 Å². The number of carbonyl (C=O) groups excluding carboxylic acids is 4. The summed E-state index contributed by atoms with van der Waals surface area (Å²) in [5, 5.41) is 13.6. The Morgan fingerprint density at radius 1 is 1.12 bits per heavy atom. The third-order valence-electron chi connectivity index (χ3n) is 4.85. The molecule has 1 heterocycles. The number of hydrogen-bond acceptors (Lipinski definition) is 7. The van der Waals surface area contributed by atoms with Crippen LogP contribution in [-0.4, -0.2) is 83.3 Å². The molecule has 1 saturated heterocycles. The lowest BCUT2D eigenvalue weighted by Gasteiger charge is -2.28. The first-order valence-electron chi connectivity index (χ1n) is 10.2. The molecule has 11 N–H and O–H groups in total. The zero-order valence-electron chi connectivity index (χ0n) is 17.8. The standard InChI is InChI=1S/C18H32N8O6/c19-10(5-6-13(20)27)17(32)26-8-2-4-12(26)16(31)25-11(3-1-7-23-18(21)22)15(30)24-9-14(28)29/h10-12H,1-9,19H2,(H2,20,27)(H,24,30)(H,25,31)(H,28,29)(H4,21,22,23). The highest BCUT2D eigenvalue weighted by atomic mass is 16.4. The van der Waals surface area contributed by atoms with Crippen LogP contribution in [0, 0.1) is 0 Å². The monoisotopic (exact) mass is 456 g/mol. The van der Waals surface area contributed by atoms with Crippen LogP contribution in [-0.2, 0) is 24.0 Å². The Morgan fingerprint density at radius 2 is 1.81 bits per heavy atom. The zero-order valence-corrected chi connectivity index (χ0v) is 17.8. The van der Waals surface area contributed by atoms with Crippen LogP contribution in [0.15, 0.2) is 4.99 Å². The molecule has 14 nitrogen and oxygen atoms in total. The Morgan fingerprint density at radius 3 is 2.41 bits per heavy atom. The van der Waals surface area contributed by atoms with Crippen molar-refractivity contribution in [2.24, 2.45) is 27.9 Å². The number of nitrogens with one attached hydrogen (secondary N) is 2. The van der Waals surface area contributed by atoms with Crippen LogP contribution in [0.2, 0.25) is 0 Å². The van der Waals surface area contributed by atoms with E-state index in [1.165, 1.54) is 4.90 Å². The van der Waals surface area contributed by atoms with Gasteiger partial charge in [0.05, 0.1) is 6.04 Å². The van der Waals surface area contributed by atoms with E-state index >= 15 is 0 Å². The first-order chi connectivity index (χ1) is 15.0. The van der Waals surface area contributed by atoms with Gasteiger partial charge in [0.15, 0.2) is 5.96 Å². The SMILES string of the molecule is NC(=O)CCC(N)C(=O)N1CCCC1C(=O)NC(CCCN=C(N)N)C(=O)NCC(=O)O. The van der Waals surface area contributed by atoms with Crippen LogP contribution >= 0.6 is 0 Å². The van der Waals surface area contributed by atoms with Gasteiger partial charge in [-0.25, -0.2) is 0 Å². The Kier molecular flexibility index (Phi) is 10.9. The van der Waals surface area contributed by atoms with Crippen molar-refractivity contribution in [1.82, 2.24) is 15.5 Å². The number of primary amides is 1.